The van der Waals surface area contributed by atoms with Gasteiger partial charge in [-0.15, -0.1) is 11.8 Å². The van der Waals surface area contributed by atoms with E-state index in [9.17, 15) is 0 Å². The number of benzene rings is 1. The number of aryl methyl sites for hydroxylation is 1. The second kappa shape index (κ2) is 5.27. The zero-order valence-electron chi connectivity index (χ0n) is 10.3. The molecule has 2 rings (SSSR count). The van der Waals surface area contributed by atoms with E-state index in [2.05, 4.69) is 47.9 Å². The molecule has 1 atom stereocenters. The molecule has 0 radical (unpaired) electrons. The second-order valence-corrected chi connectivity index (χ2v) is 4.92. The van der Waals surface area contributed by atoms with Crippen molar-refractivity contribution in [3.05, 3.63) is 42.2 Å². The van der Waals surface area contributed by atoms with Gasteiger partial charge in [0.05, 0.1) is 12.2 Å². The molecule has 1 N–H and O–H groups in total. The molecule has 1 unspecified atom stereocenters. The fraction of sp³-hybridized carbons (Fsp3) is 0.308. The van der Waals surface area contributed by atoms with Gasteiger partial charge in [0.25, 0.3) is 0 Å². The van der Waals surface area contributed by atoms with Gasteiger partial charge in [0.15, 0.2) is 0 Å². The van der Waals surface area contributed by atoms with E-state index in [1.165, 1.54) is 10.5 Å². The second-order valence-electron chi connectivity index (χ2n) is 4.04. The van der Waals surface area contributed by atoms with Crippen molar-refractivity contribution >= 4 is 17.4 Å². The topological polar surface area (TPSA) is 29.9 Å². The molecule has 0 fully saturated rings. The van der Waals surface area contributed by atoms with Crippen LogP contribution in [0.25, 0.3) is 0 Å². The van der Waals surface area contributed by atoms with Crippen molar-refractivity contribution in [3.8, 4) is 0 Å². The molecule has 4 heteroatoms. The molecule has 3 nitrogen and oxygen atoms in total. The van der Waals surface area contributed by atoms with Gasteiger partial charge in [-0.25, -0.2) is 0 Å². The zero-order valence-corrected chi connectivity index (χ0v) is 11.2. The fourth-order valence-electron chi connectivity index (χ4n) is 1.68. The number of hydrogen-bond acceptors (Lipinski definition) is 3. The maximum absolute atomic E-state index is 4.18. The molecule has 0 bridgehead atoms. The molecule has 0 aliphatic rings. The number of hydrogen-bond donors (Lipinski definition) is 1. The van der Waals surface area contributed by atoms with Crippen LogP contribution in [0.5, 0.6) is 0 Å². The summed E-state index contributed by atoms with van der Waals surface area (Å²) in [5, 5.41) is 7.64. The lowest BCUT2D eigenvalue weighted by molar-refractivity contribution is 0.765. The Kier molecular flexibility index (Phi) is 3.74. The van der Waals surface area contributed by atoms with Crippen LogP contribution in [0.1, 0.15) is 18.5 Å². The Morgan fingerprint density at radius 1 is 1.29 bits per heavy atom. The molecule has 0 saturated heterocycles. The summed E-state index contributed by atoms with van der Waals surface area (Å²) >= 11 is 1.75. The highest BCUT2D eigenvalue weighted by Gasteiger charge is 2.06. The molecule has 0 spiro atoms. The van der Waals surface area contributed by atoms with Gasteiger partial charge in [-0.3, -0.25) is 4.68 Å². The lowest BCUT2D eigenvalue weighted by Gasteiger charge is -2.13. The van der Waals surface area contributed by atoms with Gasteiger partial charge in [-0.1, -0.05) is 0 Å². The molecule has 1 aromatic carbocycles. The van der Waals surface area contributed by atoms with Crippen LogP contribution in [0, 0.1) is 0 Å². The van der Waals surface area contributed by atoms with Crippen LogP contribution >= 0.6 is 11.8 Å². The predicted molar refractivity (Wildman–Crippen MR) is 73.5 cm³/mol. The van der Waals surface area contributed by atoms with Gasteiger partial charge in [-0.2, -0.15) is 5.10 Å². The summed E-state index contributed by atoms with van der Waals surface area (Å²) in [7, 11) is 1.93. The SMILES string of the molecule is CSc1ccc(NC(C)c2cnn(C)c2)cc1. The van der Waals surface area contributed by atoms with Crippen molar-refractivity contribution in [2.75, 3.05) is 11.6 Å². The van der Waals surface area contributed by atoms with Gasteiger partial charge < -0.3 is 5.32 Å². The molecule has 1 aromatic heterocycles. The van der Waals surface area contributed by atoms with E-state index in [0.717, 1.165) is 5.69 Å². The average Bonchev–Trinajstić information content (AvgIpc) is 2.77. The standard InChI is InChI=1S/C13H17N3S/c1-10(11-8-14-16(2)9-11)15-12-4-6-13(17-3)7-5-12/h4-10,15H,1-3H3. The Morgan fingerprint density at radius 3 is 2.53 bits per heavy atom. The number of aromatic nitrogens is 2. The van der Waals surface area contributed by atoms with Crippen LogP contribution < -0.4 is 5.32 Å². The van der Waals surface area contributed by atoms with E-state index in [0.29, 0.717) is 0 Å². The number of nitrogens with one attached hydrogen (secondary N) is 1. The number of nitrogens with zero attached hydrogens (tertiary/aromatic N) is 2. The molecule has 0 aliphatic carbocycles. The smallest absolute Gasteiger partial charge is 0.0542 e. The van der Waals surface area contributed by atoms with E-state index < -0.39 is 0 Å². The maximum Gasteiger partial charge on any atom is 0.0542 e. The van der Waals surface area contributed by atoms with Crippen molar-refractivity contribution in [3.63, 3.8) is 0 Å². The fourth-order valence-corrected chi connectivity index (χ4v) is 2.09. The van der Waals surface area contributed by atoms with Gasteiger partial charge in [0.1, 0.15) is 0 Å². The first-order valence-electron chi connectivity index (χ1n) is 5.58. The van der Waals surface area contributed by atoms with Crippen molar-refractivity contribution in [2.45, 2.75) is 17.9 Å². The van der Waals surface area contributed by atoms with Crippen molar-refractivity contribution in [2.24, 2.45) is 7.05 Å². The minimum Gasteiger partial charge on any atom is -0.378 e. The molecule has 0 aliphatic heterocycles. The Labute approximate surface area is 106 Å². The summed E-state index contributed by atoms with van der Waals surface area (Å²) in [6.45, 7) is 2.14. The van der Waals surface area contributed by atoms with Crippen molar-refractivity contribution in [1.82, 2.24) is 9.78 Å². The van der Waals surface area contributed by atoms with Gasteiger partial charge >= 0.3 is 0 Å². The quantitative estimate of drug-likeness (QED) is 0.841. The van der Waals surface area contributed by atoms with Gasteiger partial charge in [0, 0.05) is 29.4 Å². The Bertz CT molecular complexity index is 476. The van der Waals surface area contributed by atoms with Crippen LogP contribution in [-0.4, -0.2) is 16.0 Å². The summed E-state index contributed by atoms with van der Waals surface area (Å²) in [5.74, 6) is 0. The summed E-state index contributed by atoms with van der Waals surface area (Å²) in [6.07, 6.45) is 6.02. The average molecular weight is 247 g/mol. The largest absolute Gasteiger partial charge is 0.378 e. The molecule has 2 aromatic rings. The molecule has 0 amide bonds. The summed E-state index contributed by atoms with van der Waals surface area (Å²) in [6, 6.07) is 8.74. The first-order chi connectivity index (χ1) is 8.19. The zero-order chi connectivity index (χ0) is 12.3. The van der Waals surface area contributed by atoms with Crippen molar-refractivity contribution < 1.29 is 0 Å². The van der Waals surface area contributed by atoms with E-state index in [1.54, 1.807) is 11.8 Å². The first kappa shape index (κ1) is 12.0. The minimum atomic E-state index is 0.267. The van der Waals surface area contributed by atoms with Crippen molar-refractivity contribution in [1.29, 1.82) is 0 Å². The maximum atomic E-state index is 4.18. The molecule has 0 saturated carbocycles. The number of rotatable bonds is 4. The Hall–Kier alpha value is -1.42. The molecule has 90 valence electrons. The third-order valence-corrected chi connectivity index (χ3v) is 3.44. The van der Waals surface area contributed by atoms with Crippen LogP contribution in [0.3, 0.4) is 0 Å². The van der Waals surface area contributed by atoms with Crippen LogP contribution in [0.2, 0.25) is 0 Å². The van der Waals surface area contributed by atoms with Crippen LogP contribution in [-0.2, 0) is 7.05 Å². The lowest BCUT2D eigenvalue weighted by atomic mass is 10.2. The van der Waals surface area contributed by atoms with E-state index in [-0.39, 0.29) is 6.04 Å². The molecule has 17 heavy (non-hydrogen) atoms. The highest BCUT2D eigenvalue weighted by atomic mass is 32.2. The third kappa shape index (κ3) is 3.03. The monoisotopic (exact) mass is 247 g/mol. The van der Waals surface area contributed by atoms with Gasteiger partial charge in [0.2, 0.25) is 0 Å². The Balaban J connectivity index is 2.04. The summed E-state index contributed by atoms with van der Waals surface area (Å²) in [5.41, 5.74) is 2.33. The highest BCUT2D eigenvalue weighted by Crippen LogP contribution is 2.21. The van der Waals surface area contributed by atoms with E-state index in [1.807, 2.05) is 24.1 Å². The number of anilines is 1. The Morgan fingerprint density at radius 2 is 2.00 bits per heavy atom. The summed E-state index contributed by atoms with van der Waals surface area (Å²) < 4.78 is 1.82. The highest BCUT2D eigenvalue weighted by molar-refractivity contribution is 7.98. The van der Waals surface area contributed by atoms with Crippen LogP contribution in [0.4, 0.5) is 5.69 Å². The van der Waals surface area contributed by atoms with Crippen LogP contribution in [0.15, 0.2) is 41.6 Å². The molecule has 1 heterocycles. The predicted octanol–water partition coefficient (Wildman–Crippen LogP) is 3.32. The molecular weight excluding hydrogens is 230 g/mol. The third-order valence-electron chi connectivity index (χ3n) is 2.70. The minimum absolute atomic E-state index is 0.267. The number of thioether (sulfide) groups is 1. The first-order valence-corrected chi connectivity index (χ1v) is 6.80. The van der Waals surface area contributed by atoms with Gasteiger partial charge in [-0.05, 0) is 37.4 Å². The van der Waals surface area contributed by atoms with E-state index >= 15 is 0 Å². The lowest BCUT2D eigenvalue weighted by Crippen LogP contribution is -2.05. The molecular formula is C13H17N3S. The van der Waals surface area contributed by atoms with E-state index in [4.69, 9.17) is 0 Å². The summed E-state index contributed by atoms with van der Waals surface area (Å²) in [4.78, 5) is 1.28. The normalized spacial score (nSPS) is 12.4.